The predicted molar refractivity (Wildman–Crippen MR) is 169 cm³/mol. The van der Waals surface area contributed by atoms with Crippen LogP contribution in [0.25, 0.3) is 0 Å². The molecule has 0 aromatic heterocycles. The van der Waals surface area contributed by atoms with Crippen LogP contribution in [-0.4, -0.2) is 101 Å². The van der Waals surface area contributed by atoms with Crippen LogP contribution in [0.3, 0.4) is 0 Å². The van der Waals surface area contributed by atoms with Crippen molar-refractivity contribution in [2.75, 3.05) is 58.0 Å². The fraction of sp³-hybridized carbons (Fsp3) is 0.562. The molecule has 3 rings (SSSR count). The Morgan fingerprint density at radius 2 is 1.73 bits per heavy atom. The molecule has 0 bridgehead atoms. The van der Waals surface area contributed by atoms with Gasteiger partial charge in [-0.1, -0.05) is 51.1 Å². The molecular formula is C32H47N3O9S. The van der Waals surface area contributed by atoms with Crippen molar-refractivity contribution < 1.29 is 42.1 Å². The van der Waals surface area contributed by atoms with Gasteiger partial charge < -0.3 is 34.7 Å². The van der Waals surface area contributed by atoms with Crippen LogP contribution in [0, 0.1) is 5.92 Å². The first-order valence-electron chi connectivity index (χ1n) is 15.4. The number of nitrogens with zero attached hydrogens (tertiary/aromatic N) is 1. The summed E-state index contributed by atoms with van der Waals surface area (Å²) in [4.78, 5) is 25.0. The van der Waals surface area contributed by atoms with Crippen LogP contribution in [0.2, 0.25) is 0 Å². The normalized spacial score (nSPS) is 16.4. The zero-order valence-electron chi connectivity index (χ0n) is 26.4. The van der Waals surface area contributed by atoms with Crippen molar-refractivity contribution in [1.29, 1.82) is 0 Å². The number of ether oxygens (including phenoxy) is 4. The highest BCUT2D eigenvalue weighted by atomic mass is 32.2. The van der Waals surface area contributed by atoms with E-state index in [9.17, 15) is 23.1 Å². The zero-order chi connectivity index (χ0) is 32.7. The summed E-state index contributed by atoms with van der Waals surface area (Å²) in [6.45, 7) is 7.63. The van der Waals surface area contributed by atoms with Gasteiger partial charge in [-0.05, 0) is 48.6 Å². The summed E-state index contributed by atoms with van der Waals surface area (Å²) in [5.41, 5.74) is 1.27. The van der Waals surface area contributed by atoms with Crippen molar-refractivity contribution >= 4 is 27.7 Å². The maximum absolute atomic E-state index is 13.8. The van der Waals surface area contributed by atoms with Crippen LogP contribution in [0.1, 0.15) is 39.2 Å². The molecule has 2 amide bonds. The summed E-state index contributed by atoms with van der Waals surface area (Å²) in [6.07, 6.45) is -0.569. The Kier molecular flexibility index (Phi) is 15.2. The molecule has 1 fully saturated rings. The van der Waals surface area contributed by atoms with Gasteiger partial charge in [0, 0.05) is 31.8 Å². The Labute approximate surface area is 266 Å². The number of carbonyl (C=O) groups is 2. The van der Waals surface area contributed by atoms with Crippen molar-refractivity contribution in [2.45, 2.75) is 63.2 Å². The zero-order valence-corrected chi connectivity index (χ0v) is 27.2. The van der Waals surface area contributed by atoms with Gasteiger partial charge in [0.1, 0.15) is 12.7 Å². The molecule has 1 saturated heterocycles. The van der Waals surface area contributed by atoms with Crippen molar-refractivity contribution in [3.8, 4) is 0 Å². The highest BCUT2D eigenvalue weighted by Gasteiger charge is 2.32. The molecule has 0 radical (unpaired) electrons. The van der Waals surface area contributed by atoms with Crippen LogP contribution in [-0.2, 0) is 40.2 Å². The van der Waals surface area contributed by atoms with E-state index in [2.05, 4.69) is 10.6 Å². The summed E-state index contributed by atoms with van der Waals surface area (Å²) in [5, 5.41) is 16.8. The monoisotopic (exact) mass is 649 g/mol. The van der Waals surface area contributed by atoms with Gasteiger partial charge in [0.15, 0.2) is 0 Å². The first-order chi connectivity index (χ1) is 21.6. The molecule has 0 aliphatic carbocycles. The third kappa shape index (κ3) is 12.7. The quantitative estimate of drug-likeness (QED) is 0.195. The smallest absolute Gasteiger partial charge is 0.407 e. The summed E-state index contributed by atoms with van der Waals surface area (Å²) < 4.78 is 50.2. The SMILES string of the molecule is CCCOCCOCC(=O)Nc1ccc(S(=O)(=O)N(CC(C)C)CC(O)C(Cc2ccccc2)NC(=O)OC2CCOC2)cc1. The molecule has 250 valence electrons. The molecule has 13 heteroatoms. The van der Waals surface area contributed by atoms with Gasteiger partial charge in [-0.2, -0.15) is 4.31 Å². The van der Waals surface area contributed by atoms with Crippen molar-refractivity contribution in [3.63, 3.8) is 0 Å². The Morgan fingerprint density at radius 3 is 2.38 bits per heavy atom. The third-order valence-corrected chi connectivity index (χ3v) is 8.76. The molecule has 1 heterocycles. The second-order valence-corrected chi connectivity index (χ2v) is 13.3. The molecule has 3 N–H and O–H groups in total. The Hall–Kier alpha value is -3.07. The summed E-state index contributed by atoms with van der Waals surface area (Å²) in [6, 6.07) is 14.3. The van der Waals surface area contributed by atoms with Gasteiger partial charge in [0.2, 0.25) is 15.9 Å². The number of nitrogens with one attached hydrogen (secondary N) is 2. The van der Waals surface area contributed by atoms with Gasteiger partial charge in [-0.25, -0.2) is 13.2 Å². The van der Waals surface area contributed by atoms with E-state index in [0.717, 1.165) is 12.0 Å². The summed E-state index contributed by atoms with van der Waals surface area (Å²) >= 11 is 0. The van der Waals surface area contributed by atoms with Crippen LogP contribution in [0.4, 0.5) is 10.5 Å². The van der Waals surface area contributed by atoms with E-state index in [1.807, 2.05) is 51.1 Å². The fourth-order valence-electron chi connectivity index (χ4n) is 4.69. The van der Waals surface area contributed by atoms with Crippen molar-refractivity contribution in [3.05, 3.63) is 60.2 Å². The lowest BCUT2D eigenvalue weighted by molar-refractivity contribution is -0.121. The first kappa shape index (κ1) is 36.4. The molecule has 0 saturated carbocycles. The molecule has 1 aliphatic heterocycles. The van der Waals surface area contributed by atoms with Gasteiger partial charge in [-0.3, -0.25) is 4.79 Å². The second kappa shape index (κ2) is 18.8. The Balaban J connectivity index is 1.68. The molecule has 2 aromatic rings. The minimum atomic E-state index is -4.05. The average molecular weight is 650 g/mol. The molecule has 45 heavy (non-hydrogen) atoms. The number of carbonyl (C=O) groups excluding carboxylic acids is 2. The van der Waals surface area contributed by atoms with Crippen LogP contribution in [0.5, 0.6) is 0 Å². The number of alkyl carbamates (subject to hydrolysis) is 1. The van der Waals surface area contributed by atoms with E-state index in [1.165, 1.54) is 28.6 Å². The van der Waals surface area contributed by atoms with E-state index in [-0.39, 0.29) is 48.9 Å². The number of sulfonamides is 1. The number of aliphatic hydroxyl groups is 1. The number of anilines is 1. The third-order valence-electron chi connectivity index (χ3n) is 6.92. The topological polar surface area (TPSA) is 153 Å². The van der Waals surface area contributed by atoms with Gasteiger partial charge in [0.25, 0.3) is 0 Å². The highest BCUT2D eigenvalue weighted by Crippen LogP contribution is 2.21. The maximum atomic E-state index is 13.8. The Bertz CT molecular complexity index is 1270. The number of hydrogen-bond donors (Lipinski definition) is 3. The molecule has 1 aliphatic rings. The molecule has 2 aromatic carbocycles. The molecular weight excluding hydrogens is 602 g/mol. The average Bonchev–Trinajstić information content (AvgIpc) is 3.51. The molecule has 12 nitrogen and oxygen atoms in total. The van der Waals surface area contributed by atoms with Crippen molar-refractivity contribution in [2.24, 2.45) is 5.92 Å². The van der Waals surface area contributed by atoms with Crippen LogP contribution >= 0.6 is 0 Å². The molecule has 3 atom stereocenters. The number of benzene rings is 2. The van der Waals surface area contributed by atoms with E-state index in [1.54, 1.807) is 0 Å². The first-order valence-corrected chi connectivity index (χ1v) is 16.8. The lowest BCUT2D eigenvalue weighted by atomic mass is 10.0. The number of hydrogen-bond acceptors (Lipinski definition) is 9. The van der Waals surface area contributed by atoms with Gasteiger partial charge >= 0.3 is 6.09 Å². The van der Waals surface area contributed by atoms with Crippen LogP contribution < -0.4 is 10.6 Å². The van der Waals surface area contributed by atoms with E-state index in [4.69, 9.17) is 18.9 Å². The minimum Gasteiger partial charge on any atom is -0.444 e. The molecule has 0 spiro atoms. The number of rotatable bonds is 19. The maximum Gasteiger partial charge on any atom is 0.407 e. The lowest BCUT2D eigenvalue weighted by Crippen LogP contribution is -2.51. The fourth-order valence-corrected chi connectivity index (χ4v) is 6.31. The lowest BCUT2D eigenvalue weighted by Gasteiger charge is -2.30. The van der Waals surface area contributed by atoms with E-state index >= 15 is 0 Å². The summed E-state index contributed by atoms with van der Waals surface area (Å²) in [5.74, 6) is -0.424. The minimum absolute atomic E-state index is 0.00545. The second-order valence-electron chi connectivity index (χ2n) is 11.4. The highest BCUT2D eigenvalue weighted by molar-refractivity contribution is 7.89. The molecule has 3 unspecified atom stereocenters. The van der Waals surface area contributed by atoms with E-state index in [0.29, 0.717) is 45.1 Å². The standard InChI is InChI=1S/C32H47N3O9S/c1-4-15-41-17-18-43-23-31(37)33-26-10-12-28(13-11-26)45(39,40)35(20-24(2)3)21-30(36)29(19-25-8-6-5-7-9-25)34-32(38)44-27-14-16-42-22-27/h5-13,24,27,29-30,36H,4,14-23H2,1-3H3,(H,33,37)(H,34,38). The largest absolute Gasteiger partial charge is 0.444 e. The summed E-state index contributed by atoms with van der Waals surface area (Å²) in [7, 11) is -4.05. The van der Waals surface area contributed by atoms with E-state index < -0.39 is 28.3 Å². The Morgan fingerprint density at radius 1 is 1.02 bits per heavy atom. The van der Waals surface area contributed by atoms with Gasteiger partial charge in [-0.15, -0.1) is 0 Å². The predicted octanol–water partition coefficient (Wildman–Crippen LogP) is 3.20. The van der Waals surface area contributed by atoms with Crippen molar-refractivity contribution in [1.82, 2.24) is 9.62 Å². The van der Waals surface area contributed by atoms with Crippen LogP contribution in [0.15, 0.2) is 59.5 Å². The number of amides is 2. The van der Waals surface area contributed by atoms with Gasteiger partial charge in [0.05, 0.1) is 43.5 Å². The number of aliphatic hydroxyl groups excluding tert-OH is 1.